The van der Waals surface area contributed by atoms with Crippen LogP contribution in [0.15, 0.2) is 0 Å². The molecule has 2 atom stereocenters. The number of rotatable bonds is 61. The number of esters is 2. The second kappa shape index (κ2) is 56.5. The van der Waals surface area contributed by atoms with Crippen molar-refractivity contribution in [2.75, 3.05) is 47.5 Å². The second-order valence-corrected chi connectivity index (χ2v) is 23.4. The quantitative estimate of drug-likeness (QED) is 0.0278. The maximum absolute atomic E-state index is 12.9. The molecule has 434 valence electrons. The van der Waals surface area contributed by atoms with Crippen molar-refractivity contribution in [1.29, 1.82) is 0 Å². The molecule has 0 aliphatic carbocycles. The maximum Gasteiger partial charge on any atom is 0.361 e. The molecule has 0 aliphatic heterocycles. The number of quaternary nitrogens is 1. The first-order chi connectivity index (χ1) is 35.6. The third kappa shape index (κ3) is 57.8. The average molecular weight is 1040 g/mol. The number of carboxylic acid groups (broad SMARTS) is 1. The fourth-order valence-electron chi connectivity index (χ4n) is 9.90. The summed E-state index contributed by atoms with van der Waals surface area (Å²) in [6.45, 7) is 4.95. The molecule has 0 heterocycles. The predicted molar refractivity (Wildman–Crippen MR) is 309 cm³/mol. The third-order valence-electron chi connectivity index (χ3n) is 14.9. The van der Waals surface area contributed by atoms with Gasteiger partial charge in [0.1, 0.15) is 13.2 Å². The minimum Gasteiger partial charge on any atom is -0.477 e. The average Bonchev–Trinajstić information content (AvgIpc) is 3.36. The van der Waals surface area contributed by atoms with E-state index in [1.165, 1.54) is 270 Å². The fraction of sp³-hybridized carbons (Fsp3) is 0.953. The fourth-order valence-corrected chi connectivity index (χ4v) is 9.90. The molecule has 0 fully saturated rings. The first-order valence-electron chi connectivity index (χ1n) is 32.2. The number of hydrogen-bond donors (Lipinski definition) is 1. The highest BCUT2D eigenvalue weighted by atomic mass is 16.7. The van der Waals surface area contributed by atoms with Crippen LogP contribution in [0, 0.1) is 0 Å². The SMILES string of the molecule is CCCCCCCCCCCCCCCCCCCCCCCCCCCCCCCCCCCC(=O)OC(COC(=O)CCCCCCCCCCCCCCCCC)COC(OCC[N+](C)(C)C)C(=O)O. The van der Waals surface area contributed by atoms with E-state index in [4.69, 9.17) is 18.9 Å². The van der Waals surface area contributed by atoms with Crippen LogP contribution in [0.4, 0.5) is 0 Å². The Morgan fingerprint density at radius 2 is 0.616 bits per heavy atom. The number of unbranched alkanes of at least 4 members (excludes halogenated alkanes) is 46. The molecule has 9 heteroatoms. The number of aliphatic carboxylic acids is 1. The van der Waals surface area contributed by atoms with Crippen LogP contribution in [0.1, 0.15) is 335 Å². The normalized spacial score (nSPS) is 12.6. The molecule has 0 rings (SSSR count). The summed E-state index contributed by atoms with van der Waals surface area (Å²) in [5.41, 5.74) is 0. The first-order valence-corrected chi connectivity index (χ1v) is 32.2. The van der Waals surface area contributed by atoms with E-state index < -0.39 is 18.4 Å². The highest BCUT2D eigenvalue weighted by molar-refractivity contribution is 5.71. The molecular weight excluding hydrogens is 911 g/mol. The third-order valence-corrected chi connectivity index (χ3v) is 14.9. The molecule has 0 radical (unpaired) electrons. The minimum absolute atomic E-state index is 0.172. The van der Waals surface area contributed by atoms with Crippen LogP contribution < -0.4 is 0 Å². The molecule has 0 aromatic heterocycles. The Morgan fingerprint density at radius 3 is 0.877 bits per heavy atom. The standard InChI is InChI=1S/C64H125NO8/c1-6-8-10-12-14-16-18-20-22-23-24-25-26-27-28-29-30-31-32-33-34-35-36-37-38-39-41-43-45-47-49-51-53-55-62(67)73-60(59-72-64(63(68)69)70-57-56-65(3,4)5)58-71-61(66)54-52-50-48-46-44-42-40-21-19-17-15-13-11-9-7-2/h60,64H,6-59H2,1-5H3/p+1. The van der Waals surface area contributed by atoms with Gasteiger partial charge >= 0.3 is 17.9 Å². The van der Waals surface area contributed by atoms with E-state index in [-0.39, 0.29) is 38.2 Å². The smallest absolute Gasteiger partial charge is 0.361 e. The van der Waals surface area contributed by atoms with E-state index in [2.05, 4.69) is 13.8 Å². The Morgan fingerprint density at radius 1 is 0.356 bits per heavy atom. The molecule has 0 saturated carbocycles. The molecule has 0 aromatic carbocycles. The van der Waals surface area contributed by atoms with E-state index in [1.54, 1.807) is 0 Å². The summed E-state index contributed by atoms with van der Waals surface area (Å²) in [4.78, 5) is 37.4. The molecule has 0 bridgehead atoms. The molecule has 0 amide bonds. The van der Waals surface area contributed by atoms with E-state index in [0.29, 0.717) is 17.4 Å². The predicted octanol–water partition coefficient (Wildman–Crippen LogP) is 19.1. The Kier molecular flexibility index (Phi) is 55.2. The van der Waals surface area contributed by atoms with E-state index in [0.717, 1.165) is 38.5 Å². The highest BCUT2D eigenvalue weighted by Crippen LogP contribution is 2.19. The molecule has 0 spiro atoms. The lowest BCUT2D eigenvalue weighted by Gasteiger charge is -2.25. The molecule has 73 heavy (non-hydrogen) atoms. The van der Waals surface area contributed by atoms with Gasteiger partial charge in [0.05, 0.1) is 34.4 Å². The van der Waals surface area contributed by atoms with Crippen LogP contribution in [0.25, 0.3) is 0 Å². The number of carbonyl (C=O) groups is 3. The van der Waals surface area contributed by atoms with Crippen molar-refractivity contribution < 1.29 is 42.9 Å². The van der Waals surface area contributed by atoms with Crippen LogP contribution in [-0.4, -0.2) is 87.4 Å². The summed E-state index contributed by atoms with van der Waals surface area (Å²) in [5, 5.41) is 9.71. The number of nitrogens with zero attached hydrogens (tertiary/aromatic N) is 1. The van der Waals surface area contributed by atoms with Crippen molar-refractivity contribution >= 4 is 17.9 Å². The van der Waals surface area contributed by atoms with Crippen LogP contribution >= 0.6 is 0 Å². The van der Waals surface area contributed by atoms with Gasteiger partial charge in [0, 0.05) is 12.8 Å². The zero-order valence-corrected chi connectivity index (χ0v) is 49.6. The molecule has 1 N–H and O–H groups in total. The maximum atomic E-state index is 12.9. The topological polar surface area (TPSA) is 108 Å². The molecular formula is C64H126NO8+. The molecule has 0 aromatic rings. The molecule has 2 unspecified atom stereocenters. The van der Waals surface area contributed by atoms with Crippen molar-refractivity contribution in [1.82, 2.24) is 0 Å². The van der Waals surface area contributed by atoms with Crippen LogP contribution in [0.3, 0.4) is 0 Å². The second-order valence-electron chi connectivity index (χ2n) is 23.4. The van der Waals surface area contributed by atoms with Gasteiger partial charge in [0.2, 0.25) is 0 Å². The zero-order chi connectivity index (χ0) is 53.4. The Hall–Kier alpha value is -1.71. The lowest BCUT2D eigenvalue weighted by atomic mass is 10.0. The Labute approximate surface area is 453 Å². The summed E-state index contributed by atoms with van der Waals surface area (Å²) in [5.74, 6) is -1.97. The van der Waals surface area contributed by atoms with Crippen molar-refractivity contribution in [3.05, 3.63) is 0 Å². The molecule has 9 nitrogen and oxygen atoms in total. The van der Waals surface area contributed by atoms with Gasteiger partial charge in [-0.3, -0.25) is 9.59 Å². The summed E-state index contributed by atoms with van der Waals surface area (Å²) in [7, 11) is 5.99. The zero-order valence-electron chi connectivity index (χ0n) is 49.6. The lowest BCUT2D eigenvalue weighted by molar-refractivity contribution is -0.870. The van der Waals surface area contributed by atoms with Gasteiger partial charge in [0.15, 0.2) is 6.10 Å². The lowest BCUT2D eigenvalue weighted by Crippen LogP contribution is -2.40. The number of hydrogen-bond acceptors (Lipinski definition) is 7. The van der Waals surface area contributed by atoms with Gasteiger partial charge in [-0.05, 0) is 12.8 Å². The highest BCUT2D eigenvalue weighted by Gasteiger charge is 2.25. The van der Waals surface area contributed by atoms with E-state index in [1.807, 2.05) is 21.1 Å². The summed E-state index contributed by atoms with van der Waals surface area (Å²) in [6, 6.07) is 0. The largest absolute Gasteiger partial charge is 0.477 e. The summed E-state index contributed by atoms with van der Waals surface area (Å²) < 4.78 is 22.9. The van der Waals surface area contributed by atoms with Crippen molar-refractivity contribution in [3.63, 3.8) is 0 Å². The molecule has 0 saturated heterocycles. The van der Waals surface area contributed by atoms with Crippen LogP contribution in [-0.2, 0) is 33.3 Å². The van der Waals surface area contributed by atoms with Crippen molar-refractivity contribution in [3.8, 4) is 0 Å². The van der Waals surface area contributed by atoms with Gasteiger partial charge in [-0.1, -0.05) is 309 Å². The van der Waals surface area contributed by atoms with Gasteiger partial charge in [-0.25, -0.2) is 4.79 Å². The minimum atomic E-state index is -1.50. The summed E-state index contributed by atoms with van der Waals surface area (Å²) >= 11 is 0. The van der Waals surface area contributed by atoms with Gasteiger partial charge < -0.3 is 28.5 Å². The number of carbonyl (C=O) groups excluding carboxylic acids is 2. The van der Waals surface area contributed by atoms with E-state index >= 15 is 0 Å². The van der Waals surface area contributed by atoms with Gasteiger partial charge in [0.25, 0.3) is 6.29 Å². The Bertz CT molecular complexity index is 1160. The van der Waals surface area contributed by atoms with Crippen molar-refractivity contribution in [2.45, 2.75) is 347 Å². The summed E-state index contributed by atoms with van der Waals surface area (Å²) in [6.07, 6.45) is 62.1. The van der Waals surface area contributed by atoms with E-state index in [9.17, 15) is 19.5 Å². The first kappa shape index (κ1) is 71.3. The Balaban J connectivity index is 4.00. The monoisotopic (exact) mass is 1040 g/mol. The van der Waals surface area contributed by atoms with Gasteiger partial charge in [-0.2, -0.15) is 0 Å². The number of ether oxygens (including phenoxy) is 4. The number of likely N-dealkylation sites (N-methyl/N-ethyl adjacent to an activating group) is 1. The number of carboxylic acids is 1. The molecule has 0 aliphatic rings. The van der Waals surface area contributed by atoms with Crippen molar-refractivity contribution in [2.24, 2.45) is 0 Å². The van der Waals surface area contributed by atoms with Gasteiger partial charge in [-0.15, -0.1) is 0 Å². The van der Waals surface area contributed by atoms with Crippen LogP contribution in [0.2, 0.25) is 0 Å². The van der Waals surface area contributed by atoms with Crippen LogP contribution in [0.5, 0.6) is 0 Å².